The van der Waals surface area contributed by atoms with Crippen LogP contribution in [0.25, 0.3) is 11.3 Å². The highest BCUT2D eigenvalue weighted by atomic mass is 79.9. The molecule has 2 aromatic heterocycles. The van der Waals surface area contributed by atoms with E-state index in [1.165, 1.54) is 24.2 Å². The number of benzene rings is 1. The number of anilines is 1. The molecule has 8 heteroatoms. The van der Waals surface area contributed by atoms with Crippen LogP contribution in [0.1, 0.15) is 28.3 Å². The zero-order valence-electron chi connectivity index (χ0n) is 15.1. The number of thiophene rings is 1. The first-order chi connectivity index (χ1) is 13.6. The van der Waals surface area contributed by atoms with E-state index in [4.69, 9.17) is 4.98 Å². The molecule has 0 atom stereocenters. The van der Waals surface area contributed by atoms with Gasteiger partial charge in [-0.05, 0) is 53.0 Å². The van der Waals surface area contributed by atoms with Crippen LogP contribution in [0.2, 0.25) is 0 Å². The molecule has 0 bridgehead atoms. The molecule has 0 aliphatic carbocycles. The van der Waals surface area contributed by atoms with Gasteiger partial charge in [-0.1, -0.05) is 12.1 Å². The summed E-state index contributed by atoms with van der Waals surface area (Å²) in [7, 11) is 0. The van der Waals surface area contributed by atoms with E-state index in [2.05, 4.69) is 37.3 Å². The van der Waals surface area contributed by atoms with E-state index >= 15 is 0 Å². The van der Waals surface area contributed by atoms with Gasteiger partial charge in [0.1, 0.15) is 5.82 Å². The number of halogens is 1. The number of nitrogens with one attached hydrogen (secondary N) is 2. The maximum atomic E-state index is 12.1. The Morgan fingerprint density at radius 1 is 1.14 bits per heavy atom. The summed E-state index contributed by atoms with van der Waals surface area (Å²) in [5.41, 5.74) is 2.67. The fourth-order valence-electron chi connectivity index (χ4n) is 3.17. The third kappa shape index (κ3) is 4.34. The highest BCUT2D eigenvalue weighted by molar-refractivity contribution is 9.11. The van der Waals surface area contributed by atoms with Crippen molar-refractivity contribution in [3.05, 3.63) is 57.1 Å². The SMILES string of the molecule is O=C(CNC(=O)c1ccc(Br)s1)Nc1ccc(-c2cn3c(n2)CCCC3)cc1. The number of amides is 2. The number of rotatable bonds is 5. The van der Waals surface area contributed by atoms with Crippen molar-refractivity contribution in [3.8, 4) is 11.3 Å². The minimum absolute atomic E-state index is 0.0795. The molecule has 0 saturated heterocycles. The number of carbonyl (C=O) groups is 2. The molecule has 3 heterocycles. The number of hydrogen-bond acceptors (Lipinski definition) is 4. The molecule has 0 fully saturated rings. The van der Waals surface area contributed by atoms with E-state index in [1.54, 1.807) is 12.1 Å². The molecule has 4 rings (SSSR count). The van der Waals surface area contributed by atoms with Crippen molar-refractivity contribution >= 4 is 44.8 Å². The normalized spacial score (nSPS) is 13.0. The van der Waals surface area contributed by atoms with Crippen molar-refractivity contribution in [2.75, 3.05) is 11.9 Å². The molecule has 1 aliphatic rings. The molecule has 6 nitrogen and oxygen atoms in total. The Morgan fingerprint density at radius 2 is 1.96 bits per heavy atom. The molecule has 0 unspecified atom stereocenters. The van der Waals surface area contributed by atoms with Gasteiger partial charge in [-0.25, -0.2) is 4.98 Å². The van der Waals surface area contributed by atoms with E-state index in [9.17, 15) is 9.59 Å². The summed E-state index contributed by atoms with van der Waals surface area (Å²) >= 11 is 4.64. The molecular formula is C20H19BrN4O2S. The molecule has 1 aromatic carbocycles. The zero-order valence-corrected chi connectivity index (χ0v) is 17.5. The minimum Gasteiger partial charge on any atom is -0.342 e. The van der Waals surface area contributed by atoms with Crippen LogP contribution in [0.4, 0.5) is 5.69 Å². The number of carbonyl (C=O) groups excluding carboxylic acids is 2. The lowest BCUT2D eigenvalue weighted by molar-refractivity contribution is -0.115. The van der Waals surface area contributed by atoms with E-state index < -0.39 is 0 Å². The Labute approximate surface area is 175 Å². The summed E-state index contributed by atoms with van der Waals surface area (Å²) in [5.74, 6) is 0.617. The summed E-state index contributed by atoms with van der Waals surface area (Å²) in [6, 6.07) is 11.1. The molecule has 2 amide bonds. The van der Waals surface area contributed by atoms with Gasteiger partial charge in [0.2, 0.25) is 5.91 Å². The number of fused-ring (bicyclic) bond motifs is 1. The third-order valence-electron chi connectivity index (χ3n) is 4.58. The fourth-order valence-corrected chi connectivity index (χ4v) is 4.47. The van der Waals surface area contributed by atoms with Gasteiger partial charge in [0.25, 0.3) is 5.91 Å². The van der Waals surface area contributed by atoms with Crippen molar-refractivity contribution < 1.29 is 9.59 Å². The first-order valence-corrected chi connectivity index (χ1v) is 10.7. The van der Waals surface area contributed by atoms with Crippen molar-refractivity contribution in [1.82, 2.24) is 14.9 Å². The maximum absolute atomic E-state index is 12.1. The molecule has 2 N–H and O–H groups in total. The average Bonchev–Trinajstić information content (AvgIpc) is 3.33. The highest BCUT2D eigenvalue weighted by Crippen LogP contribution is 2.24. The van der Waals surface area contributed by atoms with Gasteiger partial charge in [0.05, 0.1) is 20.9 Å². The zero-order chi connectivity index (χ0) is 19.5. The summed E-state index contributed by atoms with van der Waals surface area (Å²) in [6.45, 7) is 0.953. The summed E-state index contributed by atoms with van der Waals surface area (Å²) in [6.07, 6.45) is 5.53. The van der Waals surface area contributed by atoms with Crippen molar-refractivity contribution in [2.24, 2.45) is 0 Å². The average molecular weight is 459 g/mol. The van der Waals surface area contributed by atoms with Gasteiger partial charge >= 0.3 is 0 Å². The Hall–Kier alpha value is -2.45. The van der Waals surface area contributed by atoms with Gasteiger partial charge in [-0.3, -0.25) is 9.59 Å². The van der Waals surface area contributed by atoms with Crippen LogP contribution in [-0.2, 0) is 17.8 Å². The van der Waals surface area contributed by atoms with Crippen LogP contribution in [-0.4, -0.2) is 27.9 Å². The molecule has 0 radical (unpaired) electrons. The Morgan fingerprint density at radius 3 is 2.68 bits per heavy atom. The van der Waals surface area contributed by atoms with E-state index in [0.29, 0.717) is 10.6 Å². The van der Waals surface area contributed by atoms with Gasteiger partial charge in [-0.15, -0.1) is 11.3 Å². The molecular weight excluding hydrogens is 440 g/mol. The smallest absolute Gasteiger partial charge is 0.261 e. The van der Waals surface area contributed by atoms with Gasteiger partial charge in [0.15, 0.2) is 0 Å². The Bertz CT molecular complexity index is 986. The predicted molar refractivity (Wildman–Crippen MR) is 114 cm³/mol. The first kappa shape index (κ1) is 18.9. The van der Waals surface area contributed by atoms with Crippen LogP contribution in [0.15, 0.2) is 46.4 Å². The van der Waals surface area contributed by atoms with Crippen LogP contribution >= 0.6 is 27.3 Å². The van der Waals surface area contributed by atoms with Gasteiger partial charge in [0, 0.05) is 30.4 Å². The van der Waals surface area contributed by atoms with Crippen molar-refractivity contribution in [3.63, 3.8) is 0 Å². The molecule has 144 valence electrons. The second-order valence-electron chi connectivity index (χ2n) is 6.60. The van der Waals surface area contributed by atoms with Crippen molar-refractivity contribution in [2.45, 2.75) is 25.8 Å². The molecule has 0 saturated carbocycles. The first-order valence-electron chi connectivity index (χ1n) is 9.08. The summed E-state index contributed by atoms with van der Waals surface area (Å²) < 4.78 is 3.10. The van der Waals surface area contributed by atoms with Gasteiger partial charge in [-0.2, -0.15) is 0 Å². The van der Waals surface area contributed by atoms with Crippen LogP contribution in [0.5, 0.6) is 0 Å². The number of aryl methyl sites for hydroxylation is 2. The molecule has 0 spiro atoms. The fraction of sp³-hybridized carbons (Fsp3) is 0.250. The maximum Gasteiger partial charge on any atom is 0.261 e. The van der Waals surface area contributed by atoms with E-state index in [0.717, 1.165) is 33.8 Å². The number of imidazole rings is 1. The number of aromatic nitrogens is 2. The molecule has 28 heavy (non-hydrogen) atoms. The third-order valence-corrected chi connectivity index (χ3v) is 6.20. The summed E-state index contributed by atoms with van der Waals surface area (Å²) in [5, 5.41) is 5.42. The lowest BCUT2D eigenvalue weighted by atomic mass is 10.1. The Balaban J connectivity index is 1.33. The largest absolute Gasteiger partial charge is 0.342 e. The van der Waals surface area contributed by atoms with Crippen LogP contribution < -0.4 is 10.6 Å². The van der Waals surface area contributed by atoms with Gasteiger partial charge < -0.3 is 15.2 Å². The lowest BCUT2D eigenvalue weighted by Crippen LogP contribution is -2.32. The number of nitrogens with zero attached hydrogens (tertiary/aromatic N) is 2. The second kappa shape index (κ2) is 8.28. The predicted octanol–water partition coefficient (Wildman–Crippen LogP) is 4.08. The second-order valence-corrected chi connectivity index (χ2v) is 9.07. The van der Waals surface area contributed by atoms with Crippen molar-refractivity contribution in [1.29, 1.82) is 0 Å². The topological polar surface area (TPSA) is 76.0 Å². The Kier molecular flexibility index (Phi) is 5.59. The molecule has 3 aromatic rings. The molecule has 1 aliphatic heterocycles. The van der Waals surface area contributed by atoms with Crippen LogP contribution in [0.3, 0.4) is 0 Å². The highest BCUT2D eigenvalue weighted by Gasteiger charge is 2.14. The quantitative estimate of drug-likeness (QED) is 0.604. The number of hydrogen-bond donors (Lipinski definition) is 2. The standard InChI is InChI=1S/C20H19BrN4O2S/c21-17-9-8-16(28-17)20(27)22-11-19(26)23-14-6-4-13(5-7-14)15-12-25-10-2-1-3-18(25)24-15/h4-9,12H,1-3,10-11H2,(H,22,27)(H,23,26). The summed E-state index contributed by atoms with van der Waals surface area (Å²) in [4.78, 5) is 29.4. The van der Waals surface area contributed by atoms with E-state index in [-0.39, 0.29) is 18.4 Å². The van der Waals surface area contributed by atoms with Crippen LogP contribution in [0, 0.1) is 0 Å². The lowest BCUT2D eigenvalue weighted by Gasteiger charge is -2.11. The monoisotopic (exact) mass is 458 g/mol. The minimum atomic E-state index is -0.269. The van der Waals surface area contributed by atoms with E-state index in [1.807, 2.05) is 24.3 Å².